The van der Waals surface area contributed by atoms with Crippen molar-refractivity contribution in [3.8, 4) is 0 Å². The average Bonchev–Trinajstić information content (AvgIpc) is 3.41. The molecule has 1 unspecified atom stereocenters. The molecule has 198 valence electrons. The molecule has 16 heteroatoms. The number of halogens is 1. The topological polar surface area (TPSA) is 184 Å². The van der Waals surface area contributed by atoms with Gasteiger partial charge in [-0.05, 0) is 22.7 Å². The zero-order chi connectivity index (χ0) is 27.4. The minimum atomic E-state index is -0.967. The Balaban J connectivity index is 1.55. The smallest absolute Gasteiger partial charge is 0.355 e. The number of thioether (sulfide) groups is 1. The van der Waals surface area contributed by atoms with Gasteiger partial charge in [0.15, 0.2) is 0 Å². The van der Waals surface area contributed by atoms with Gasteiger partial charge in [0, 0.05) is 29.5 Å². The third-order valence-corrected chi connectivity index (χ3v) is 7.48. The van der Waals surface area contributed by atoms with Crippen LogP contribution in [0.25, 0.3) is 0 Å². The van der Waals surface area contributed by atoms with Gasteiger partial charge in [0.1, 0.15) is 36.7 Å². The fourth-order valence-corrected chi connectivity index (χ4v) is 5.46. The van der Waals surface area contributed by atoms with E-state index in [0.717, 1.165) is 6.39 Å². The van der Waals surface area contributed by atoms with Crippen molar-refractivity contribution in [2.45, 2.75) is 31.4 Å². The summed E-state index contributed by atoms with van der Waals surface area (Å²) in [5.41, 5.74) is 0.445. The summed E-state index contributed by atoms with van der Waals surface area (Å²) >= 11 is 4.42. The number of nitro benzene ring substituents is 1. The number of hydrogen-bond acceptors (Lipinski definition) is 12. The number of esters is 2. The van der Waals surface area contributed by atoms with Crippen molar-refractivity contribution in [3.05, 3.63) is 73.4 Å². The Kier molecular flexibility index (Phi) is 8.21. The van der Waals surface area contributed by atoms with E-state index in [1.165, 1.54) is 52.8 Å². The second kappa shape index (κ2) is 11.6. The summed E-state index contributed by atoms with van der Waals surface area (Å²) in [6.45, 7) is 0.651. The molecule has 2 atom stereocenters. The highest BCUT2D eigenvalue weighted by molar-refractivity contribution is 9.11. The van der Waals surface area contributed by atoms with Gasteiger partial charge in [-0.1, -0.05) is 27.7 Å². The van der Waals surface area contributed by atoms with E-state index >= 15 is 0 Å². The lowest BCUT2D eigenvalue weighted by atomic mass is 10.0. The lowest BCUT2D eigenvalue weighted by molar-refractivity contribution is -0.384. The molecule has 2 aromatic rings. The van der Waals surface area contributed by atoms with Gasteiger partial charge in [0.2, 0.25) is 18.2 Å². The van der Waals surface area contributed by atoms with Crippen molar-refractivity contribution in [2.75, 3.05) is 6.61 Å². The van der Waals surface area contributed by atoms with Gasteiger partial charge in [-0.2, -0.15) is 0 Å². The van der Waals surface area contributed by atoms with Crippen LogP contribution in [0.1, 0.15) is 18.4 Å². The largest absolute Gasteiger partial charge is 0.461 e. The van der Waals surface area contributed by atoms with Crippen LogP contribution in [-0.2, 0) is 41.7 Å². The third kappa shape index (κ3) is 5.75. The van der Waals surface area contributed by atoms with E-state index in [1.54, 1.807) is 0 Å². The zero-order valence-corrected chi connectivity index (χ0v) is 21.9. The number of nitrogens with one attached hydrogen (secondary N) is 1. The highest BCUT2D eigenvalue weighted by atomic mass is 79.9. The molecule has 1 aromatic heterocycles. The molecule has 14 nitrogen and oxygen atoms in total. The molecule has 2 amide bonds. The first-order chi connectivity index (χ1) is 18.2. The Morgan fingerprint density at radius 3 is 2.61 bits per heavy atom. The maximum absolute atomic E-state index is 13.2. The first kappa shape index (κ1) is 27.0. The van der Waals surface area contributed by atoms with Crippen molar-refractivity contribution >= 4 is 57.1 Å². The van der Waals surface area contributed by atoms with Crippen molar-refractivity contribution in [3.63, 3.8) is 0 Å². The van der Waals surface area contributed by atoms with E-state index in [1.807, 2.05) is 0 Å². The summed E-state index contributed by atoms with van der Waals surface area (Å²) in [6.07, 6.45) is 0.840. The van der Waals surface area contributed by atoms with E-state index in [-0.39, 0.29) is 42.5 Å². The third-order valence-electron chi connectivity index (χ3n) is 5.38. The first-order valence-corrected chi connectivity index (χ1v) is 12.6. The molecule has 4 rings (SSSR count). The number of β-lactam (4-membered cyclic amide) rings is 1. The van der Waals surface area contributed by atoms with Crippen LogP contribution in [0.3, 0.4) is 0 Å². The molecule has 3 heterocycles. The van der Waals surface area contributed by atoms with Gasteiger partial charge in [0.25, 0.3) is 11.6 Å². The maximum atomic E-state index is 13.2. The fraction of sp³-hybridized carbons (Fsp3) is 0.273. The van der Waals surface area contributed by atoms with Crippen LogP contribution >= 0.6 is 27.7 Å². The number of ether oxygens (including phenoxy) is 2. The molecule has 1 saturated heterocycles. The Labute approximate surface area is 226 Å². The number of benzene rings is 1. The molecule has 1 N–H and O–H groups in total. The number of aromatic nitrogens is 2. The number of hydrogen-bond donors (Lipinski definition) is 1. The second-order valence-corrected chi connectivity index (χ2v) is 9.47. The minimum Gasteiger partial charge on any atom is -0.461 e. The number of carbonyl (C=O) groups excluding carboxylic acids is 4. The number of nitro groups is 1. The summed E-state index contributed by atoms with van der Waals surface area (Å²) < 4.78 is 15.5. The first-order valence-electron chi connectivity index (χ1n) is 10.8. The number of amides is 2. The van der Waals surface area contributed by atoms with E-state index in [9.17, 15) is 29.3 Å². The standard InChI is InChI=1S/C22H18BrN5O9S/c1-11(29)35-9-14-15(7-23)38-21-18(25-16(30)6-17-26-24-10-37-17)20(31)27(21)19(14)22(32)36-8-12-2-4-13(5-3-12)28(33)34/h2-5,7,10,18,21H,6,8-9H2,1H3,(H,25,30)/t18?,21-/m1/s1. The molecule has 2 aliphatic heterocycles. The molecule has 0 aliphatic carbocycles. The predicted octanol–water partition coefficient (Wildman–Crippen LogP) is 1.72. The van der Waals surface area contributed by atoms with Crippen LogP contribution in [0.2, 0.25) is 0 Å². The highest BCUT2D eigenvalue weighted by Gasteiger charge is 2.55. The molecule has 2 aliphatic rings. The summed E-state index contributed by atoms with van der Waals surface area (Å²) in [6, 6.07) is 4.45. The van der Waals surface area contributed by atoms with Gasteiger partial charge < -0.3 is 19.2 Å². The highest BCUT2D eigenvalue weighted by Crippen LogP contribution is 2.47. The molecular weight excluding hydrogens is 590 g/mol. The van der Waals surface area contributed by atoms with Crippen molar-refractivity contribution < 1.29 is 38.0 Å². The van der Waals surface area contributed by atoms with Gasteiger partial charge in [-0.3, -0.25) is 29.4 Å². The van der Waals surface area contributed by atoms with E-state index < -0.39 is 40.1 Å². The lowest BCUT2D eigenvalue weighted by Gasteiger charge is -2.50. The molecule has 1 aromatic carbocycles. The van der Waals surface area contributed by atoms with Crippen LogP contribution in [0.5, 0.6) is 0 Å². The molecule has 1 fully saturated rings. The summed E-state index contributed by atoms with van der Waals surface area (Å²) in [4.78, 5) is 63.7. The van der Waals surface area contributed by atoms with Crippen molar-refractivity contribution in [1.29, 1.82) is 0 Å². The van der Waals surface area contributed by atoms with Crippen LogP contribution in [0.4, 0.5) is 5.69 Å². The molecule has 0 spiro atoms. The summed E-state index contributed by atoms with van der Waals surface area (Å²) in [5, 5.41) is 19.9. The average molecular weight is 608 g/mol. The number of carbonyl (C=O) groups is 4. The normalized spacial score (nSPS) is 19.5. The summed E-state index contributed by atoms with van der Waals surface area (Å²) in [5.74, 6) is -2.51. The number of nitrogens with zero attached hydrogens (tertiary/aromatic N) is 4. The molecule has 38 heavy (non-hydrogen) atoms. The number of non-ortho nitro benzene ring substituents is 1. The zero-order valence-electron chi connectivity index (χ0n) is 19.5. The van der Waals surface area contributed by atoms with Crippen molar-refractivity contribution in [1.82, 2.24) is 20.4 Å². The van der Waals surface area contributed by atoms with Crippen LogP contribution in [-0.4, -0.2) is 61.8 Å². The molecular formula is C22H18BrN5O9S. The lowest BCUT2D eigenvalue weighted by Crippen LogP contribution is -2.70. The second-order valence-electron chi connectivity index (χ2n) is 7.85. The van der Waals surface area contributed by atoms with E-state index in [2.05, 4.69) is 31.4 Å². The van der Waals surface area contributed by atoms with Crippen LogP contribution < -0.4 is 5.32 Å². The SMILES string of the molecule is CC(=O)OCC1=C(C(=O)OCc2ccc([N+](=O)[O-])cc2)N2C(=O)C(NC(=O)Cc3nnco3)[C@H]2SC1=CBr. The van der Waals surface area contributed by atoms with E-state index in [4.69, 9.17) is 13.9 Å². The van der Waals surface area contributed by atoms with E-state index in [0.29, 0.717) is 10.5 Å². The van der Waals surface area contributed by atoms with Crippen molar-refractivity contribution in [2.24, 2.45) is 0 Å². The van der Waals surface area contributed by atoms with Crippen LogP contribution in [0.15, 0.2) is 56.2 Å². The molecule has 0 saturated carbocycles. The Hall–Kier alpha value is -4.05. The minimum absolute atomic E-state index is 0.0718. The number of fused-ring (bicyclic) bond motifs is 1. The van der Waals surface area contributed by atoms with Gasteiger partial charge in [-0.15, -0.1) is 10.2 Å². The van der Waals surface area contributed by atoms with Gasteiger partial charge >= 0.3 is 11.9 Å². The molecule has 0 bridgehead atoms. The molecule has 0 radical (unpaired) electrons. The number of rotatable bonds is 9. The van der Waals surface area contributed by atoms with Gasteiger partial charge in [-0.25, -0.2) is 4.79 Å². The quantitative estimate of drug-likeness (QED) is 0.188. The van der Waals surface area contributed by atoms with Gasteiger partial charge in [0.05, 0.1) is 4.92 Å². The summed E-state index contributed by atoms with van der Waals surface area (Å²) in [7, 11) is 0. The predicted molar refractivity (Wildman–Crippen MR) is 132 cm³/mol. The maximum Gasteiger partial charge on any atom is 0.355 e. The Morgan fingerprint density at radius 2 is 2.00 bits per heavy atom. The van der Waals surface area contributed by atoms with Crippen LogP contribution in [0, 0.1) is 10.1 Å². The fourth-order valence-electron chi connectivity index (χ4n) is 3.61. The monoisotopic (exact) mass is 607 g/mol. The Bertz CT molecular complexity index is 1340. The Morgan fingerprint density at radius 1 is 1.26 bits per heavy atom.